The Balaban J connectivity index is 2.01. The van der Waals surface area contributed by atoms with Crippen molar-refractivity contribution in [3.05, 3.63) is 86.3 Å². The molecule has 2 aromatic carbocycles. The number of hydrogen-bond donors (Lipinski definition) is 1. The molecule has 0 bridgehead atoms. The van der Waals surface area contributed by atoms with Crippen molar-refractivity contribution >= 4 is 45.1 Å². The average molecular weight is 440 g/mol. The zero-order valence-corrected chi connectivity index (χ0v) is 16.0. The highest BCUT2D eigenvalue weighted by molar-refractivity contribution is 9.10. The third-order valence-electron chi connectivity index (χ3n) is 3.86. The number of nitrogens with zero attached hydrogens (tertiary/aromatic N) is 2. The second kappa shape index (κ2) is 7.60. The molecule has 4 nitrogen and oxygen atoms in total. The first-order valence-corrected chi connectivity index (χ1v) is 8.95. The number of imidazole rings is 1. The second-order valence-corrected chi connectivity index (χ2v) is 7.28. The van der Waals surface area contributed by atoms with Crippen LogP contribution in [0, 0.1) is 0 Å². The van der Waals surface area contributed by atoms with E-state index in [1.807, 2.05) is 30.3 Å². The summed E-state index contributed by atoms with van der Waals surface area (Å²) >= 11 is 15.7. The van der Waals surface area contributed by atoms with E-state index < -0.39 is 5.97 Å². The third kappa shape index (κ3) is 4.24. The number of carbonyl (C=O) groups is 1. The van der Waals surface area contributed by atoms with Crippen LogP contribution in [0.5, 0.6) is 0 Å². The summed E-state index contributed by atoms with van der Waals surface area (Å²) in [5.74, 6) is -1.06. The molecule has 128 valence electrons. The predicted molar refractivity (Wildman–Crippen MR) is 102 cm³/mol. The smallest absolute Gasteiger partial charge is 0.356 e. The van der Waals surface area contributed by atoms with Gasteiger partial charge in [-0.1, -0.05) is 57.3 Å². The molecule has 7 heteroatoms. The van der Waals surface area contributed by atoms with Gasteiger partial charge in [-0.25, -0.2) is 9.78 Å². The van der Waals surface area contributed by atoms with Gasteiger partial charge in [0.25, 0.3) is 0 Å². The molecular weight excluding hydrogens is 427 g/mol. The highest BCUT2D eigenvalue weighted by Crippen LogP contribution is 2.29. The summed E-state index contributed by atoms with van der Waals surface area (Å²) in [6, 6.07) is 13.1. The molecule has 0 saturated carbocycles. The van der Waals surface area contributed by atoms with Crippen LogP contribution in [0.4, 0.5) is 0 Å². The lowest BCUT2D eigenvalue weighted by Gasteiger charge is -2.20. The maximum atomic E-state index is 11.2. The maximum absolute atomic E-state index is 11.2. The highest BCUT2D eigenvalue weighted by atomic mass is 79.9. The summed E-state index contributed by atoms with van der Waals surface area (Å²) in [7, 11) is 0. The largest absolute Gasteiger partial charge is 0.476 e. The molecule has 1 heterocycles. The van der Waals surface area contributed by atoms with Gasteiger partial charge in [-0.2, -0.15) is 0 Å². The minimum absolute atomic E-state index is 0.00400. The molecule has 1 aromatic heterocycles. The Hall–Kier alpha value is -1.82. The van der Waals surface area contributed by atoms with E-state index in [0.717, 1.165) is 15.6 Å². The molecule has 0 saturated heterocycles. The van der Waals surface area contributed by atoms with Gasteiger partial charge in [0.1, 0.15) is 0 Å². The molecule has 3 aromatic rings. The number of carboxylic acids is 1. The predicted octanol–water partition coefficient (Wildman–Crippen LogP) is 5.48. The van der Waals surface area contributed by atoms with Crippen molar-refractivity contribution in [3.8, 4) is 0 Å². The van der Waals surface area contributed by atoms with Gasteiger partial charge in [0.2, 0.25) is 0 Å². The first kappa shape index (κ1) is 18.0. The quantitative estimate of drug-likeness (QED) is 0.572. The molecule has 0 aliphatic carbocycles. The second-order valence-electron chi connectivity index (χ2n) is 5.52. The Morgan fingerprint density at radius 3 is 2.52 bits per heavy atom. The van der Waals surface area contributed by atoms with Gasteiger partial charge in [-0.15, -0.1) is 0 Å². The average Bonchev–Trinajstić information content (AvgIpc) is 3.05. The van der Waals surface area contributed by atoms with E-state index in [-0.39, 0.29) is 11.7 Å². The van der Waals surface area contributed by atoms with Crippen molar-refractivity contribution in [2.75, 3.05) is 0 Å². The summed E-state index contributed by atoms with van der Waals surface area (Å²) in [5.41, 5.74) is 1.94. The molecule has 1 N–H and O–H groups in total. The Labute approximate surface area is 163 Å². The minimum Gasteiger partial charge on any atom is -0.476 e. The molecule has 1 atom stereocenters. The van der Waals surface area contributed by atoms with Crippen molar-refractivity contribution < 1.29 is 9.90 Å². The Kier molecular flexibility index (Phi) is 5.47. The zero-order valence-electron chi connectivity index (χ0n) is 12.9. The van der Waals surface area contributed by atoms with E-state index in [4.69, 9.17) is 28.3 Å². The van der Waals surface area contributed by atoms with E-state index in [0.29, 0.717) is 16.5 Å². The van der Waals surface area contributed by atoms with Crippen molar-refractivity contribution in [3.63, 3.8) is 0 Å². The fraction of sp³-hybridized carbons (Fsp3) is 0.111. The number of halogens is 3. The Morgan fingerprint density at radius 2 is 1.92 bits per heavy atom. The van der Waals surface area contributed by atoms with Gasteiger partial charge in [0.05, 0.1) is 12.4 Å². The SMILES string of the molecule is O=C(O)c1cn(C(Cc2ccc(Cl)cc2Cl)c2ccc(Br)cc2)cn1. The van der Waals surface area contributed by atoms with E-state index in [1.165, 1.54) is 12.5 Å². The van der Waals surface area contributed by atoms with Crippen LogP contribution < -0.4 is 0 Å². The summed E-state index contributed by atoms with van der Waals surface area (Å²) in [6.07, 6.45) is 3.63. The standard InChI is InChI=1S/C18H13BrCl2N2O2/c19-13-4-1-11(2-5-13)17(23-9-16(18(24)25)22-10-23)7-12-3-6-14(20)8-15(12)21/h1-6,8-10,17H,7H2,(H,24,25). The molecule has 0 aliphatic rings. The van der Waals surface area contributed by atoms with Crippen LogP contribution in [0.25, 0.3) is 0 Å². The monoisotopic (exact) mass is 438 g/mol. The zero-order chi connectivity index (χ0) is 18.0. The van der Waals surface area contributed by atoms with Gasteiger partial charge >= 0.3 is 5.97 Å². The molecule has 0 spiro atoms. The van der Waals surface area contributed by atoms with Crippen molar-refractivity contribution in [2.45, 2.75) is 12.5 Å². The minimum atomic E-state index is -1.06. The van der Waals surface area contributed by atoms with Crippen LogP contribution in [0.3, 0.4) is 0 Å². The van der Waals surface area contributed by atoms with Crippen LogP contribution in [0.2, 0.25) is 10.0 Å². The maximum Gasteiger partial charge on any atom is 0.356 e. The molecule has 0 fully saturated rings. The van der Waals surface area contributed by atoms with E-state index in [2.05, 4.69) is 20.9 Å². The molecule has 0 amide bonds. The number of carboxylic acid groups (broad SMARTS) is 1. The number of rotatable bonds is 5. The topological polar surface area (TPSA) is 55.1 Å². The van der Waals surface area contributed by atoms with E-state index in [9.17, 15) is 4.79 Å². The lowest BCUT2D eigenvalue weighted by atomic mass is 9.98. The number of aromatic carboxylic acids is 1. The lowest BCUT2D eigenvalue weighted by molar-refractivity contribution is 0.0691. The van der Waals surface area contributed by atoms with Crippen molar-refractivity contribution in [1.82, 2.24) is 9.55 Å². The van der Waals surface area contributed by atoms with Crippen LogP contribution in [-0.4, -0.2) is 20.6 Å². The number of aromatic nitrogens is 2. The van der Waals surface area contributed by atoms with Crippen LogP contribution in [-0.2, 0) is 6.42 Å². The molecule has 3 rings (SSSR count). The summed E-state index contributed by atoms with van der Waals surface area (Å²) < 4.78 is 2.76. The lowest BCUT2D eigenvalue weighted by Crippen LogP contribution is -2.12. The van der Waals surface area contributed by atoms with Crippen LogP contribution >= 0.6 is 39.1 Å². The molecule has 1 unspecified atom stereocenters. The molecular formula is C18H13BrCl2N2O2. The summed E-state index contributed by atoms with van der Waals surface area (Å²) in [5, 5.41) is 10.3. The van der Waals surface area contributed by atoms with Gasteiger partial charge in [0, 0.05) is 20.7 Å². The van der Waals surface area contributed by atoms with Gasteiger partial charge in [-0.3, -0.25) is 0 Å². The fourth-order valence-corrected chi connectivity index (χ4v) is 3.34. The molecule has 0 aliphatic heterocycles. The van der Waals surface area contributed by atoms with Gasteiger partial charge < -0.3 is 9.67 Å². The van der Waals surface area contributed by atoms with E-state index >= 15 is 0 Å². The van der Waals surface area contributed by atoms with Crippen molar-refractivity contribution in [2.24, 2.45) is 0 Å². The van der Waals surface area contributed by atoms with Crippen molar-refractivity contribution in [1.29, 1.82) is 0 Å². The number of hydrogen-bond acceptors (Lipinski definition) is 2. The first-order valence-electron chi connectivity index (χ1n) is 7.40. The summed E-state index contributed by atoms with van der Waals surface area (Å²) in [6.45, 7) is 0. The third-order valence-corrected chi connectivity index (χ3v) is 4.98. The highest BCUT2D eigenvalue weighted by Gasteiger charge is 2.18. The summed E-state index contributed by atoms with van der Waals surface area (Å²) in [4.78, 5) is 15.1. The van der Waals surface area contributed by atoms with Crippen LogP contribution in [0.15, 0.2) is 59.5 Å². The fourth-order valence-electron chi connectivity index (χ4n) is 2.59. The van der Waals surface area contributed by atoms with Gasteiger partial charge in [0.15, 0.2) is 5.69 Å². The number of benzene rings is 2. The Morgan fingerprint density at radius 1 is 1.20 bits per heavy atom. The first-order chi connectivity index (χ1) is 11.9. The van der Waals surface area contributed by atoms with Gasteiger partial charge in [-0.05, 0) is 41.8 Å². The normalized spacial score (nSPS) is 12.1. The molecule has 0 radical (unpaired) electrons. The Bertz CT molecular complexity index is 910. The van der Waals surface area contributed by atoms with Crippen LogP contribution in [0.1, 0.15) is 27.7 Å². The molecule has 25 heavy (non-hydrogen) atoms. The van der Waals surface area contributed by atoms with E-state index in [1.54, 1.807) is 16.7 Å².